The number of hydrogen-bond acceptors (Lipinski definition) is 2. The molecule has 0 atom stereocenters. The van der Waals surface area contributed by atoms with Crippen LogP contribution in [-0.2, 0) is 13.1 Å². The number of guanidine groups is 1. The number of nitrogens with two attached hydrogens (primary N) is 1. The Labute approximate surface area is 136 Å². The summed E-state index contributed by atoms with van der Waals surface area (Å²) in [6.07, 6.45) is -4.72. The van der Waals surface area contributed by atoms with Gasteiger partial charge in [0, 0.05) is 12.1 Å². The van der Waals surface area contributed by atoms with E-state index in [1.165, 1.54) is 30.3 Å². The lowest BCUT2D eigenvalue weighted by Crippen LogP contribution is -2.31. The smallest absolute Gasteiger partial charge is 0.406 e. The summed E-state index contributed by atoms with van der Waals surface area (Å²) in [5.74, 6) is -0.548. The van der Waals surface area contributed by atoms with E-state index in [2.05, 4.69) is 15.0 Å². The molecule has 0 aliphatic heterocycles. The molecule has 4 nitrogen and oxygen atoms in total. The molecule has 0 saturated carbocycles. The van der Waals surface area contributed by atoms with Crippen LogP contribution in [0.4, 0.5) is 17.6 Å². The molecule has 0 amide bonds. The SMILES string of the molecule is NC(=NCc1ccc(OC(F)(F)F)cc1)NCc1ccccc1F. The molecular formula is C16H15F4N3O. The average Bonchev–Trinajstić information content (AvgIpc) is 2.52. The highest BCUT2D eigenvalue weighted by atomic mass is 19.4. The van der Waals surface area contributed by atoms with Crippen LogP contribution in [0.25, 0.3) is 0 Å². The molecule has 0 aliphatic carbocycles. The zero-order valence-corrected chi connectivity index (χ0v) is 12.5. The van der Waals surface area contributed by atoms with E-state index in [0.717, 1.165) is 0 Å². The molecule has 0 heterocycles. The normalized spacial score (nSPS) is 12.1. The number of alkyl halides is 3. The first-order chi connectivity index (χ1) is 11.3. The van der Waals surface area contributed by atoms with Crippen LogP contribution in [0.5, 0.6) is 5.75 Å². The van der Waals surface area contributed by atoms with Gasteiger partial charge in [-0.15, -0.1) is 13.2 Å². The molecule has 2 rings (SSSR count). The van der Waals surface area contributed by atoms with Gasteiger partial charge in [-0.25, -0.2) is 9.38 Å². The van der Waals surface area contributed by atoms with Crippen molar-refractivity contribution in [3.63, 3.8) is 0 Å². The molecule has 0 aliphatic rings. The zero-order chi connectivity index (χ0) is 17.6. The fourth-order valence-electron chi connectivity index (χ4n) is 1.86. The van der Waals surface area contributed by atoms with E-state index in [0.29, 0.717) is 11.1 Å². The second kappa shape index (κ2) is 7.67. The zero-order valence-electron chi connectivity index (χ0n) is 12.5. The van der Waals surface area contributed by atoms with Gasteiger partial charge in [-0.1, -0.05) is 30.3 Å². The Hall–Kier alpha value is -2.77. The van der Waals surface area contributed by atoms with Crippen LogP contribution in [0.15, 0.2) is 53.5 Å². The number of nitrogens with one attached hydrogen (secondary N) is 1. The Balaban J connectivity index is 1.87. The summed E-state index contributed by atoms with van der Waals surface area (Å²) >= 11 is 0. The Morgan fingerprint density at radius 3 is 2.38 bits per heavy atom. The Kier molecular flexibility index (Phi) is 5.62. The monoisotopic (exact) mass is 341 g/mol. The van der Waals surface area contributed by atoms with Crippen LogP contribution in [-0.4, -0.2) is 12.3 Å². The molecule has 3 N–H and O–H groups in total. The maximum absolute atomic E-state index is 13.4. The molecule has 0 radical (unpaired) electrons. The largest absolute Gasteiger partial charge is 0.573 e. The van der Waals surface area contributed by atoms with E-state index in [-0.39, 0.29) is 30.6 Å². The maximum Gasteiger partial charge on any atom is 0.573 e. The van der Waals surface area contributed by atoms with Crippen molar-refractivity contribution in [1.29, 1.82) is 0 Å². The number of hydrogen-bond donors (Lipinski definition) is 2. The van der Waals surface area contributed by atoms with Crippen LogP contribution < -0.4 is 15.8 Å². The molecule has 0 spiro atoms. The third-order valence-corrected chi connectivity index (χ3v) is 3.01. The highest BCUT2D eigenvalue weighted by Gasteiger charge is 2.30. The molecule has 8 heteroatoms. The third kappa shape index (κ3) is 5.79. The van der Waals surface area contributed by atoms with Crippen molar-refractivity contribution in [2.75, 3.05) is 0 Å². The van der Waals surface area contributed by atoms with Gasteiger partial charge in [0.2, 0.25) is 0 Å². The summed E-state index contributed by atoms with van der Waals surface area (Å²) in [7, 11) is 0. The van der Waals surface area contributed by atoms with Gasteiger partial charge in [0.25, 0.3) is 0 Å². The molecule has 2 aromatic carbocycles. The van der Waals surface area contributed by atoms with E-state index >= 15 is 0 Å². The van der Waals surface area contributed by atoms with Crippen LogP contribution in [0.3, 0.4) is 0 Å². The summed E-state index contributed by atoms with van der Waals surface area (Å²) in [6.45, 7) is 0.350. The first-order valence-electron chi connectivity index (χ1n) is 6.95. The fraction of sp³-hybridized carbons (Fsp3) is 0.188. The minimum Gasteiger partial charge on any atom is -0.406 e. The number of halogens is 4. The molecular weight excluding hydrogens is 326 g/mol. The molecule has 0 aromatic heterocycles. The van der Waals surface area contributed by atoms with E-state index in [4.69, 9.17) is 5.73 Å². The van der Waals surface area contributed by atoms with Crippen molar-refractivity contribution in [1.82, 2.24) is 5.32 Å². The number of aliphatic imine (C=N–C) groups is 1. The van der Waals surface area contributed by atoms with Crippen LogP contribution in [0, 0.1) is 5.82 Å². The number of benzene rings is 2. The number of rotatable bonds is 5. The van der Waals surface area contributed by atoms with Crippen LogP contribution in [0.2, 0.25) is 0 Å². The van der Waals surface area contributed by atoms with Crippen molar-refractivity contribution in [2.45, 2.75) is 19.5 Å². The van der Waals surface area contributed by atoms with Crippen molar-refractivity contribution in [3.05, 3.63) is 65.5 Å². The maximum atomic E-state index is 13.4. The topological polar surface area (TPSA) is 59.6 Å². The lowest BCUT2D eigenvalue weighted by Gasteiger charge is -2.09. The van der Waals surface area contributed by atoms with Crippen LogP contribution in [0.1, 0.15) is 11.1 Å². The summed E-state index contributed by atoms with van der Waals surface area (Å²) in [5, 5.41) is 2.77. The summed E-state index contributed by atoms with van der Waals surface area (Å²) in [6, 6.07) is 11.6. The van der Waals surface area contributed by atoms with Crippen LogP contribution >= 0.6 is 0 Å². The van der Waals surface area contributed by atoms with Gasteiger partial charge < -0.3 is 15.8 Å². The van der Waals surface area contributed by atoms with Gasteiger partial charge in [-0.2, -0.15) is 0 Å². The van der Waals surface area contributed by atoms with Gasteiger partial charge in [-0.3, -0.25) is 0 Å². The second-order valence-electron chi connectivity index (χ2n) is 4.84. The van der Waals surface area contributed by atoms with Gasteiger partial charge in [0.15, 0.2) is 5.96 Å². The van der Waals surface area contributed by atoms with Gasteiger partial charge in [0.1, 0.15) is 11.6 Å². The number of nitrogens with zero attached hydrogens (tertiary/aromatic N) is 1. The summed E-state index contributed by atoms with van der Waals surface area (Å²) in [5.41, 5.74) is 6.78. The molecule has 0 bridgehead atoms. The quantitative estimate of drug-likeness (QED) is 0.498. The Bertz CT molecular complexity index is 699. The highest BCUT2D eigenvalue weighted by molar-refractivity contribution is 5.77. The van der Waals surface area contributed by atoms with E-state index < -0.39 is 6.36 Å². The van der Waals surface area contributed by atoms with Gasteiger partial charge in [-0.05, 0) is 23.8 Å². The van der Waals surface area contributed by atoms with E-state index in [9.17, 15) is 17.6 Å². The predicted molar refractivity (Wildman–Crippen MR) is 81.7 cm³/mol. The summed E-state index contributed by atoms with van der Waals surface area (Å²) < 4.78 is 53.4. The standard InChI is InChI=1S/C16H15F4N3O/c17-14-4-2-1-3-12(14)10-23-15(21)22-9-11-5-7-13(8-6-11)24-16(18,19)20/h1-8H,9-10H2,(H3,21,22,23). The highest BCUT2D eigenvalue weighted by Crippen LogP contribution is 2.22. The Morgan fingerprint density at radius 1 is 1.08 bits per heavy atom. The van der Waals surface area contributed by atoms with Crippen molar-refractivity contribution in [2.24, 2.45) is 10.7 Å². The molecule has 0 unspecified atom stereocenters. The minimum absolute atomic E-state index is 0.105. The minimum atomic E-state index is -4.72. The van der Waals surface area contributed by atoms with E-state index in [1.54, 1.807) is 18.2 Å². The van der Waals surface area contributed by atoms with Crippen molar-refractivity contribution < 1.29 is 22.3 Å². The third-order valence-electron chi connectivity index (χ3n) is 3.01. The predicted octanol–water partition coefficient (Wildman–Crippen LogP) is 3.33. The van der Waals surface area contributed by atoms with E-state index in [1.807, 2.05) is 0 Å². The average molecular weight is 341 g/mol. The molecule has 0 fully saturated rings. The second-order valence-corrected chi connectivity index (χ2v) is 4.84. The molecule has 128 valence electrons. The van der Waals surface area contributed by atoms with Gasteiger partial charge >= 0.3 is 6.36 Å². The summed E-state index contributed by atoms with van der Waals surface area (Å²) in [4.78, 5) is 4.04. The van der Waals surface area contributed by atoms with Crippen molar-refractivity contribution >= 4 is 5.96 Å². The Morgan fingerprint density at radius 2 is 1.75 bits per heavy atom. The fourth-order valence-corrected chi connectivity index (χ4v) is 1.86. The first-order valence-corrected chi connectivity index (χ1v) is 6.95. The number of ether oxygens (including phenoxy) is 1. The van der Waals surface area contributed by atoms with Gasteiger partial charge in [0.05, 0.1) is 6.54 Å². The molecule has 2 aromatic rings. The lowest BCUT2D eigenvalue weighted by atomic mass is 10.2. The lowest BCUT2D eigenvalue weighted by molar-refractivity contribution is -0.274. The molecule has 0 saturated heterocycles. The first kappa shape index (κ1) is 17.6. The molecule has 24 heavy (non-hydrogen) atoms. The van der Waals surface area contributed by atoms with Crippen molar-refractivity contribution in [3.8, 4) is 5.75 Å².